The second kappa shape index (κ2) is 36.2. The minimum absolute atomic E-state index is 0. The molecule has 2 rings (SSSR count). The normalized spacial score (nSPS) is 5.80. The Kier molecular flexibility index (Phi) is 94.1. The van der Waals surface area contributed by atoms with Gasteiger partial charge in [-0.2, -0.15) is 0 Å². The van der Waals surface area contributed by atoms with Crippen molar-refractivity contribution in [2.24, 2.45) is 0 Å². The number of benzene rings is 1. The van der Waals surface area contributed by atoms with Crippen LogP contribution < -0.4 is 53.4 Å². The van der Waals surface area contributed by atoms with Gasteiger partial charge in [-0.3, -0.25) is 0 Å². The number of nitrogens with zero attached hydrogens (tertiary/aromatic N) is 3. The third-order valence-electron chi connectivity index (χ3n) is 1.90. The molecule has 1 heterocycles. The zero-order valence-electron chi connectivity index (χ0n) is 15.5. The van der Waals surface area contributed by atoms with Crippen LogP contribution in [0, 0.1) is 0 Å². The van der Waals surface area contributed by atoms with Crippen molar-refractivity contribution in [1.29, 1.82) is 0 Å². The van der Waals surface area contributed by atoms with Gasteiger partial charge in [0, 0.05) is 0 Å². The van der Waals surface area contributed by atoms with E-state index in [2.05, 4.69) is 26.3 Å². The quantitative estimate of drug-likeness (QED) is 0.255. The van der Waals surface area contributed by atoms with Gasteiger partial charge < -0.3 is 65.7 Å². The van der Waals surface area contributed by atoms with Crippen molar-refractivity contribution >= 4 is 76.6 Å². The first-order valence-electron chi connectivity index (χ1n) is 4.60. The van der Waals surface area contributed by atoms with Crippen molar-refractivity contribution in [1.82, 2.24) is 15.0 Å². The van der Waals surface area contributed by atoms with Gasteiger partial charge in [-0.25, -0.2) is 0 Å². The van der Waals surface area contributed by atoms with Crippen LogP contribution in [0.1, 0.15) is 0 Å². The van der Waals surface area contributed by atoms with Crippen molar-refractivity contribution in [2.75, 3.05) is 16.8 Å². The molecule has 30 heavy (non-hydrogen) atoms. The van der Waals surface area contributed by atoms with Crippen LogP contribution in [0.2, 0.25) is 0 Å². The number of nitrogens with one attached hydrogen (secondary N) is 1. The van der Waals surface area contributed by atoms with Gasteiger partial charge in [0.2, 0.25) is 0 Å². The van der Waals surface area contributed by atoms with E-state index in [-0.39, 0.29) is 107 Å². The molecule has 2 aromatic rings. The molecule has 0 aliphatic carbocycles. The Hall–Kier alpha value is -0.214. The van der Waals surface area contributed by atoms with Gasteiger partial charge in [0.05, 0.1) is 0 Å². The van der Waals surface area contributed by atoms with Crippen molar-refractivity contribution < 1.29 is 95.3 Å². The van der Waals surface area contributed by atoms with E-state index in [1.807, 2.05) is 12.1 Å². The molecule has 0 fully saturated rings. The Morgan fingerprint density at radius 1 is 0.667 bits per heavy atom. The summed E-state index contributed by atoms with van der Waals surface area (Å²) >= 11 is 3.31. The molecule has 0 amide bonds. The summed E-state index contributed by atoms with van der Waals surface area (Å²) < 4.78 is 2.42. The van der Waals surface area contributed by atoms with Crippen molar-refractivity contribution in [3.05, 3.63) is 18.2 Å². The Morgan fingerprint density at radius 2 is 1.03 bits per heavy atom. The third-order valence-corrected chi connectivity index (χ3v) is 3.75. The summed E-state index contributed by atoms with van der Waals surface area (Å²) in [6, 6.07) is 6.13. The van der Waals surface area contributed by atoms with E-state index in [1.54, 1.807) is 46.0 Å². The summed E-state index contributed by atoms with van der Waals surface area (Å²) in [7, 11) is 0. The fourth-order valence-corrected chi connectivity index (χ4v) is 3.46. The first-order valence-corrected chi connectivity index (χ1v) is 7.16. The third kappa shape index (κ3) is 24.1. The molecule has 27 N–H and O–H groups in total. The number of rotatable bonds is 2. The maximum absolute atomic E-state index is 5.50. The van der Waals surface area contributed by atoms with Gasteiger partial charge in [-0.1, -0.05) is 0 Å². The minimum Gasteiger partial charge on any atom is -0.870 e. The Bertz CT molecular complexity index is 574. The Balaban J connectivity index is -0.0000000249. The average molecular weight is 681 g/mol. The standard InChI is InChI=1S/C9H8N6.Na.12H2O.2Sb/c10-7-13-8(11)15-9(14-7)12-6-4-2-1-3-5-6;;;;;;;;;;;;;;;/h2-4H,(H5,10,11,12,13,14,15);;12*1H2;;/q;+1;;;;;;;;;;;;;;/p-2. The smallest absolute Gasteiger partial charge is 0.870 e. The van der Waals surface area contributed by atoms with E-state index in [4.69, 9.17) is 11.5 Å². The monoisotopic (exact) mass is 679 g/mol. The fraction of sp³-hybridized carbons (Fsp3) is 0. The summed E-state index contributed by atoms with van der Waals surface area (Å²) in [6.07, 6.45) is 0. The van der Waals surface area contributed by atoms with Gasteiger partial charge in [0.15, 0.2) is 0 Å². The van der Waals surface area contributed by atoms with Gasteiger partial charge in [-0.05, 0) is 0 Å². The molecule has 0 saturated heterocycles. The zero-order valence-corrected chi connectivity index (χ0v) is 22.6. The minimum atomic E-state index is 0. The molecule has 4 radical (unpaired) electrons. The second-order valence-corrected chi connectivity index (χ2v) is 6.05. The molecule has 0 saturated carbocycles. The van der Waals surface area contributed by atoms with Gasteiger partial charge in [0.1, 0.15) is 0 Å². The van der Waals surface area contributed by atoms with Crippen LogP contribution in [0.3, 0.4) is 0 Å². The molecule has 180 valence electrons. The first-order chi connectivity index (χ1) is 8.04. The maximum Gasteiger partial charge on any atom is 1.00 e. The summed E-state index contributed by atoms with van der Waals surface area (Å²) in [6.45, 7) is 0. The topological polar surface area (TPSA) is 478 Å². The van der Waals surface area contributed by atoms with Crippen molar-refractivity contribution in [2.45, 2.75) is 0 Å². The van der Waals surface area contributed by atoms with Crippen LogP contribution in [0.5, 0.6) is 0 Å². The van der Waals surface area contributed by atoms with E-state index >= 15 is 0 Å². The largest absolute Gasteiger partial charge is 1.00 e. The van der Waals surface area contributed by atoms with Crippen LogP contribution in [-0.4, -0.2) is 127 Å². The zero-order chi connectivity index (χ0) is 12.4. The summed E-state index contributed by atoms with van der Waals surface area (Å²) in [4.78, 5) is 11.6. The Labute approximate surface area is 220 Å². The second-order valence-electron chi connectivity index (χ2n) is 3.20. The number of nitrogens with two attached hydrogens (primary N) is 2. The van der Waals surface area contributed by atoms with E-state index in [1.165, 1.54) is 3.51 Å². The van der Waals surface area contributed by atoms with Crippen LogP contribution in [0.15, 0.2) is 18.2 Å². The van der Waals surface area contributed by atoms with Gasteiger partial charge in [-0.15, -0.1) is 0 Å². The molecule has 0 unspecified atom stereocenters. The molecule has 0 atom stereocenters. The predicted octanol–water partition coefficient (Wildman–Crippen LogP) is -13.2. The van der Waals surface area contributed by atoms with E-state index in [9.17, 15) is 0 Å². The molecule has 1 aromatic heterocycles. The van der Waals surface area contributed by atoms with Gasteiger partial charge in [0.25, 0.3) is 0 Å². The Morgan fingerprint density at radius 3 is 1.37 bits per heavy atom. The van der Waals surface area contributed by atoms with Crippen LogP contribution in [0.4, 0.5) is 23.5 Å². The summed E-state index contributed by atoms with van der Waals surface area (Å²) in [5.74, 6) is 0.577. The summed E-state index contributed by atoms with van der Waals surface area (Å²) in [5.41, 5.74) is 11.9. The predicted molar refractivity (Wildman–Crippen MR) is 109 cm³/mol. The van der Waals surface area contributed by atoms with E-state index in [0.717, 1.165) is 9.20 Å². The number of anilines is 4. The molecule has 18 nitrogen and oxygen atoms in total. The van der Waals surface area contributed by atoms with Crippen molar-refractivity contribution in [3.8, 4) is 0 Å². The maximum atomic E-state index is 5.50. The molecule has 21 heteroatoms. The van der Waals surface area contributed by atoms with Crippen LogP contribution in [0.25, 0.3) is 0 Å². The van der Waals surface area contributed by atoms with Gasteiger partial charge >= 0.3 is 156 Å². The molecular formula is C9H30N6NaO12Sb2-. The fourth-order valence-electron chi connectivity index (χ4n) is 1.21. The van der Waals surface area contributed by atoms with Crippen LogP contribution >= 0.6 is 0 Å². The molecule has 0 spiro atoms. The molecule has 0 aliphatic heterocycles. The molecule has 0 aliphatic rings. The molecule has 1 aromatic carbocycles. The number of nitrogen functional groups attached to an aromatic ring is 2. The molecular weight excluding hydrogens is 651 g/mol. The first kappa shape index (κ1) is 78.0. The SMILES string of the molecule is Nc1nc(N)nc(Nc2cc[c]([Sb])c[c]2[Sb])n1.O.O.O.O.O.O.O.O.O.O.[Na+].[OH-].[OH-]. The average Bonchev–Trinajstić information content (AvgIpc) is 2.21. The van der Waals surface area contributed by atoms with E-state index < -0.39 is 0 Å². The number of hydrogen-bond acceptors (Lipinski definition) is 8. The molecule has 0 bridgehead atoms. The number of hydrogen-bond donors (Lipinski definition) is 3. The van der Waals surface area contributed by atoms with Crippen LogP contribution in [-0.2, 0) is 0 Å². The van der Waals surface area contributed by atoms with Crippen molar-refractivity contribution in [3.63, 3.8) is 0 Å². The number of aromatic nitrogens is 3. The summed E-state index contributed by atoms with van der Waals surface area (Å²) in [5, 5.41) is 3.08. The van der Waals surface area contributed by atoms with E-state index in [0.29, 0.717) is 5.95 Å².